The van der Waals surface area contributed by atoms with Gasteiger partial charge in [-0.15, -0.1) is 0 Å². The Kier molecular flexibility index (Phi) is 5.97. The molecule has 38 heavy (non-hydrogen) atoms. The fourth-order valence-electron chi connectivity index (χ4n) is 4.74. The third-order valence-corrected chi connectivity index (χ3v) is 7.03. The van der Waals surface area contributed by atoms with Crippen LogP contribution in [0.5, 0.6) is 11.5 Å². The van der Waals surface area contributed by atoms with Crippen LogP contribution in [-0.4, -0.2) is 63.3 Å². The molecule has 0 amide bonds. The van der Waals surface area contributed by atoms with Crippen molar-refractivity contribution in [3.05, 3.63) is 47.6 Å². The van der Waals surface area contributed by atoms with E-state index in [1.54, 1.807) is 29.2 Å². The summed E-state index contributed by atoms with van der Waals surface area (Å²) in [5.74, 6) is 2.00. The van der Waals surface area contributed by atoms with Crippen molar-refractivity contribution in [1.29, 1.82) is 0 Å². The van der Waals surface area contributed by atoms with Crippen LogP contribution in [0.25, 0.3) is 16.8 Å². The zero-order valence-electron chi connectivity index (χ0n) is 21.5. The Balaban J connectivity index is 1.32. The van der Waals surface area contributed by atoms with Gasteiger partial charge in [-0.1, -0.05) is 32.4 Å². The largest absolute Gasteiger partial charge is 0.451 e. The molecule has 6 heterocycles. The van der Waals surface area contributed by atoms with Crippen molar-refractivity contribution >= 4 is 40.2 Å². The van der Waals surface area contributed by atoms with E-state index in [4.69, 9.17) is 26.2 Å². The van der Waals surface area contributed by atoms with Gasteiger partial charge >= 0.3 is 0 Å². The Bertz CT molecular complexity index is 1630. The van der Waals surface area contributed by atoms with Crippen LogP contribution in [0, 0.1) is 0 Å². The van der Waals surface area contributed by atoms with Crippen LogP contribution < -0.4 is 10.1 Å². The van der Waals surface area contributed by atoms with E-state index < -0.39 is 0 Å². The lowest BCUT2D eigenvalue weighted by molar-refractivity contribution is 0.0391. The van der Waals surface area contributed by atoms with Gasteiger partial charge in [0.2, 0.25) is 5.95 Å². The lowest BCUT2D eigenvalue weighted by Gasteiger charge is -2.25. The molecule has 1 fully saturated rings. The van der Waals surface area contributed by atoms with Crippen LogP contribution in [0.15, 0.2) is 36.9 Å². The van der Waals surface area contributed by atoms with E-state index in [0.717, 1.165) is 12.1 Å². The van der Waals surface area contributed by atoms with Crippen LogP contribution in [0.1, 0.15) is 38.9 Å². The normalized spacial score (nSPS) is 18.1. The van der Waals surface area contributed by atoms with Gasteiger partial charge in [-0.2, -0.15) is 15.2 Å². The molecule has 6 rings (SSSR count). The van der Waals surface area contributed by atoms with Crippen LogP contribution in [0.4, 0.5) is 11.8 Å². The van der Waals surface area contributed by atoms with Crippen molar-refractivity contribution in [2.45, 2.75) is 44.8 Å². The number of aryl methyl sites for hydroxylation is 1. The van der Waals surface area contributed by atoms with Crippen LogP contribution in [0.3, 0.4) is 0 Å². The number of imidazole rings is 1. The number of hydrogen-bond acceptors (Lipinski definition) is 9. The molecule has 0 aromatic carbocycles. The van der Waals surface area contributed by atoms with Gasteiger partial charge in [-0.3, -0.25) is 4.68 Å². The molecule has 2 atom stereocenters. The summed E-state index contributed by atoms with van der Waals surface area (Å²) in [6.45, 7) is 6.94. The molecule has 1 aliphatic rings. The fourth-order valence-corrected chi connectivity index (χ4v) is 5.04. The zero-order chi connectivity index (χ0) is 26.6. The molecule has 2 N–H and O–H groups in total. The number of hydrogen-bond donors (Lipinski definition) is 2. The number of nitrogens with one attached hydrogen (secondary N) is 1. The number of nitrogens with zero attached hydrogens (tertiary/aromatic N) is 8. The Hall–Kier alpha value is -3.74. The Morgan fingerprint density at radius 2 is 2.11 bits per heavy atom. The van der Waals surface area contributed by atoms with E-state index in [9.17, 15) is 5.11 Å². The summed E-state index contributed by atoms with van der Waals surface area (Å²) in [6, 6.07) is 3.76. The first-order chi connectivity index (χ1) is 18.2. The minimum atomic E-state index is -0.287. The molecule has 5 aromatic rings. The number of aromatic nitrogens is 8. The van der Waals surface area contributed by atoms with Crippen molar-refractivity contribution < 1.29 is 14.6 Å². The molecule has 0 aliphatic carbocycles. The van der Waals surface area contributed by atoms with Crippen molar-refractivity contribution in [1.82, 2.24) is 38.9 Å². The van der Waals surface area contributed by atoms with Gasteiger partial charge in [-0.05, 0) is 6.42 Å². The molecule has 198 valence electrons. The van der Waals surface area contributed by atoms with Gasteiger partial charge in [0.25, 0.3) is 0 Å². The minimum absolute atomic E-state index is 0.0449. The lowest BCUT2D eigenvalue weighted by Crippen LogP contribution is -2.29. The second kappa shape index (κ2) is 9.22. The summed E-state index contributed by atoms with van der Waals surface area (Å²) in [7, 11) is 1.85. The quantitative estimate of drug-likeness (QED) is 0.330. The molecule has 13 heteroatoms. The Morgan fingerprint density at radius 1 is 1.26 bits per heavy atom. The van der Waals surface area contributed by atoms with Crippen molar-refractivity contribution in [3.8, 4) is 11.5 Å². The van der Waals surface area contributed by atoms with Gasteiger partial charge in [0, 0.05) is 36.9 Å². The topological polar surface area (TPSA) is 129 Å². The highest BCUT2D eigenvalue weighted by Gasteiger charge is 2.34. The first kappa shape index (κ1) is 24.6. The standard InChI is InChI=1S/C25H28ClN9O3/c1-25(2,3)18-9-19(32-35(18)15-6-8-37-17(15)13-36)30-24-31-23-22(33(24)4)21(26)16(11-28-23)38-14-10-27-20-5-7-29-34(20)12-14/h5,7,9-12,15,17,36H,6,8,13H2,1-4H3,(H,28,30,31,32)/t15-,17+/m1/s1. The number of ether oxygens (including phenoxy) is 2. The fraction of sp³-hybridized carbons (Fsp3) is 0.400. The van der Waals surface area contributed by atoms with Gasteiger partial charge < -0.3 is 24.5 Å². The van der Waals surface area contributed by atoms with Crippen LogP contribution >= 0.6 is 11.6 Å². The second-order valence-electron chi connectivity index (χ2n) is 10.3. The summed E-state index contributed by atoms with van der Waals surface area (Å²) in [5, 5.41) is 22.5. The minimum Gasteiger partial charge on any atom is -0.451 e. The maximum absolute atomic E-state index is 9.80. The maximum atomic E-state index is 9.80. The summed E-state index contributed by atoms with van der Waals surface area (Å²) in [5.41, 5.74) is 2.64. The smallest absolute Gasteiger partial charge is 0.210 e. The Morgan fingerprint density at radius 3 is 2.89 bits per heavy atom. The molecule has 0 bridgehead atoms. The van der Waals surface area contributed by atoms with Gasteiger partial charge in [-0.25, -0.2) is 14.5 Å². The molecule has 0 unspecified atom stereocenters. The molecule has 12 nitrogen and oxygen atoms in total. The number of fused-ring (bicyclic) bond motifs is 2. The molecule has 1 saturated heterocycles. The molecule has 0 saturated carbocycles. The highest BCUT2D eigenvalue weighted by atomic mass is 35.5. The zero-order valence-corrected chi connectivity index (χ0v) is 22.2. The first-order valence-corrected chi connectivity index (χ1v) is 12.7. The van der Waals surface area contributed by atoms with Crippen molar-refractivity contribution in [3.63, 3.8) is 0 Å². The monoisotopic (exact) mass is 537 g/mol. The summed E-state index contributed by atoms with van der Waals surface area (Å²) >= 11 is 6.76. The molecule has 5 aromatic heterocycles. The molecular weight excluding hydrogens is 510 g/mol. The molecule has 0 spiro atoms. The SMILES string of the molecule is Cn1c(Nc2cc(C(C)(C)C)n([C@@H]3CCO[C@H]3CO)n2)nc2ncc(Oc3cnc4ccnn4c3)c(Cl)c21. The van der Waals surface area contributed by atoms with E-state index in [1.807, 2.05) is 22.4 Å². The predicted octanol–water partition coefficient (Wildman–Crippen LogP) is 4.02. The number of aliphatic hydroxyl groups is 1. The first-order valence-electron chi connectivity index (χ1n) is 12.3. The van der Waals surface area contributed by atoms with E-state index in [0.29, 0.717) is 51.7 Å². The predicted molar refractivity (Wildman–Crippen MR) is 141 cm³/mol. The molecule has 0 radical (unpaired) electrons. The second-order valence-corrected chi connectivity index (χ2v) is 10.7. The van der Waals surface area contributed by atoms with Gasteiger partial charge in [0.1, 0.15) is 16.6 Å². The molecule has 1 aliphatic heterocycles. The number of aliphatic hydroxyl groups excluding tert-OH is 1. The number of anilines is 2. The summed E-state index contributed by atoms with van der Waals surface area (Å²) < 4.78 is 17.1. The third-order valence-electron chi connectivity index (χ3n) is 6.67. The van der Waals surface area contributed by atoms with E-state index in [-0.39, 0.29) is 24.2 Å². The van der Waals surface area contributed by atoms with Gasteiger partial charge in [0.15, 0.2) is 28.6 Å². The maximum Gasteiger partial charge on any atom is 0.210 e. The van der Waals surface area contributed by atoms with E-state index >= 15 is 0 Å². The summed E-state index contributed by atoms with van der Waals surface area (Å²) in [6.07, 6.45) is 7.03. The van der Waals surface area contributed by atoms with E-state index in [1.165, 1.54) is 6.20 Å². The number of halogens is 1. The van der Waals surface area contributed by atoms with Gasteiger partial charge in [0.05, 0.1) is 37.4 Å². The molecular formula is C25H28ClN9O3. The average Bonchev–Trinajstić information content (AvgIpc) is 3.66. The van der Waals surface area contributed by atoms with Crippen LogP contribution in [0.2, 0.25) is 5.02 Å². The number of rotatable bonds is 6. The summed E-state index contributed by atoms with van der Waals surface area (Å²) in [4.78, 5) is 13.4. The van der Waals surface area contributed by atoms with Crippen molar-refractivity contribution in [2.75, 3.05) is 18.5 Å². The average molecular weight is 538 g/mol. The highest BCUT2D eigenvalue weighted by molar-refractivity contribution is 6.36. The van der Waals surface area contributed by atoms with Crippen molar-refractivity contribution in [2.24, 2.45) is 7.05 Å². The van der Waals surface area contributed by atoms with Crippen LogP contribution in [-0.2, 0) is 17.2 Å². The Labute approximate surface area is 223 Å². The third kappa shape index (κ3) is 4.24. The van der Waals surface area contributed by atoms with E-state index in [2.05, 4.69) is 46.1 Å². The highest BCUT2D eigenvalue weighted by Crippen LogP contribution is 2.37. The number of pyridine rings is 1. The lowest BCUT2D eigenvalue weighted by atomic mass is 9.91.